The van der Waals surface area contributed by atoms with Crippen molar-refractivity contribution in [3.05, 3.63) is 62.5 Å². The van der Waals surface area contributed by atoms with E-state index in [0.717, 1.165) is 14.5 Å². The molecule has 2 nitrogen and oxygen atoms in total. The smallest absolute Gasteiger partial charge is 0.191 e. The lowest BCUT2D eigenvalue weighted by atomic mass is 9.83. The Bertz CT molecular complexity index is 788. The average Bonchev–Trinajstić information content (AvgIpc) is 2.46. The Hall–Kier alpha value is -0.910. The molecule has 2 aromatic rings. The van der Waals surface area contributed by atoms with Crippen LogP contribution in [0.1, 0.15) is 22.8 Å². The lowest BCUT2D eigenvalue weighted by molar-refractivity contribution is 0.0969. The van der Waals surface area contributed by atoms with Crippen molar-refractivity contribution in [3.8, 4) is 0 Å². The second-order valence-corrected chi connectivity index (χ2v) is 7.32. The standard InChI is InChI=1S/C16H11Br2NOS/c1-9-16(21,12-4-2-3-5-13(12)18)15(20)11-8-10(17)6-7-14(11)19-9/h2-8,21H,1H3. The number of hydrogen-bond acceptors (Lipinski definition) is 3. The van der Waals surface area contributed by atoms with E-state index < -0.39 is 4.75 Å². The molecule has 0 saturated heterocycles. The molecule has 0 saturated carbocycles. The first kappa shape index (κ1) is 15.0. The molecule has 1 unspecified atom stereocenters. The highest BCUT2D eigenvalue weighted by Gasteiger charge is 2.44. The van der Waals surface area contributed by atoms with E-state index in [1.54, 1.807) is 6.07 Å². The molecule has 0 amide bonds. The summed E-state index contributed by atoms with van der Waals surface area (Å²) in [5, 5.41) is 0. The predicted octanol–water partition coefficient (Wildman–Crippen LogP) is 5.33. The summed E-state index contributed by atoms with van der Waals surface area (Å²) in [4.78, 5) is 17.6. The number of benzene rings is 2. The van der Waals surface area contributed by atoms with Crippen molar-refractivity contribution >= 4 is 61.7 Å². The molecule has 106 valence electrons. The van der Waals surface area contributed by atoms with Gasteiger partial charge in [0.05, 0.1) is 5.69 Å². The number of nitrogens with zero attached hydrogens (tertiary/aromatic N) is 1. The monoisotopic (exact) mass is 423 g/mol. The minimum absolute atomic E-state index is 0.0541. The van der Waals surface area contributed by atoms with Crippen molar-refractivity contribution in [3.63, 3.8) is 0 Å². The number of hydrogen-bond donors (Lipinski definition) is 1. The predicted molar refractivity (Wildman–Crippen MR) is 96.0 cm³/mol. The zero-order valence-electron chi connectivity index (χ0n) is 11.1. The van der Waals surface area contributed by atoms with Gasteiger partial charge in [0.1, 0.15) is 4.75 Å². The SMILES string of the molecule is CC1=Nc2ccc(Br)cc2C(=O)C1(S)c1ccccc1Br. The third-order valence-corrected chi connectivity index (χ3v) is 5.56. The van der Waals surface area contributed by atoms with E-state index in [0.29, 0.717) is 17.0 Å². The molecule has 3 rings (SSSR count). The fourth-order valence-corrected chi connectivity index (χ4v) is 3.94. The maximum absolute atomic E-state index is 13.1. The number of carbonyl (C=O) groups is 1. The van der Waals surface area contributed by atoms with Gasteiger partial charge in [-0.3, -0.25) is 9.79 Å². The first-order chi connectivity index (χ1) is 9.94. The van der Waals surface area contributed by atoms with Crippen molar-refractivity contribution in [2.45, 2.75) is 11.7 Å². The van der Waals surface area contributed by atoms with Crippen molar-refractivity contribution in [1.29, 1.82) is 0 Å². The summed E-state index contributed by atoms with van der Waals surface area (Å²) >= 11 is 11.6. The Kier molecular flexibility index (Phi) is 3.84. The lowest BCUT2D eigenvalue weighted by Gasteiger charge is -2.32. The van der Waals surface area contributed by atoms with Crippen LogP contribution in [0.2, 0.25) is 0 Å². The van der Waals surface area contributed by atoms with Crippen LogP contribution < -0.4 is 0 Å². The average molecular weight is 425 g/mol. The van der Waals surface area contributed by atoms with Crippen molar-refractivity contribution < 1.29 is 4.79 Å². The van der Waals surface area contributed by atoms with Gasteiger partial charge in [-0.25, -0.2) is 0 Å². The number of halogens is 2. The van der Waals surface area contributed by atoms with Crippen LogP contribution in [-0.2, 0) is 4.75 Å². The molecular weight excluding hydrogens is 414 g/mol. The minimum atomic E-state index is -1.05. The van der Waals surface area contributed by atoms with Crippen LogP contribution in [-0.4, -0.2) is 11.5 Å². The van der Waals surface area contributed by atoms with Gasteiger partial charge in [0.2, 0.25) is 0 Å². The van der Waals surface area contributed by atoms with E-state index in [1.807, 2.05) is 43.3 Å². The summed E-state index contributed by atoms with van der Waals surface area (Å²) in [5.74, 6) is -0.0541. The molecular formula is C16H11Br2NOS. The molecule has 0 fully saturated rings. The fraction of sp³-hybridized carbons (Fsp3) is 0.125. The first-order valence-corrected chi connectivity index (χ1v) is 8.35. The molecule has 21 heavy (non-hydrogen) atoms. The molecule has 0 spiro atoms. The molecule has 2 aromatic carbocycles. The number of thiol groups is 1. The van der Waals surface area contributed by atoms with Gasteiger partial charge in [-0.05, 0) is 36.8 Å². The Morgan fingerprint density at radius 3 is 2.57 bits per heavy atom. The number of ketones is 1. The largest absolute Gasteiger partial charge is 0.292 e. The highest BCUT2D eigenvalue weighted by molar-refractivity contribution is 9.10. The fourth-order valence-electron chi connectivity index (χ4n) is 2.48. The second-order valence-electron chi connectivity index (χ2n) is 4.88. The topological polar surface area (TPSA) is 29.4 Å². The first-order valence-electron chi connectivity index (χ1n) is 6.32. The van der Waals surface area contributed by atoms with E-state index in [4.69, 9.17) is 12.6 Å². The zero-order chi connectivity index (χ0) is 15.2. The number of aliphatic imine (C=N–C) groups is 1. The molecule has 0 radical (unpaired) electrons. The lowest BCUT2D eigenvalue weighted by Crippen LogP contribution is -2.39. The maximum Gasteiger partial charge on any atom is 0.191 e. The van der Waals surface area contributed by atoms with Gasteiger partial charge in [0.15, 0.2) is 5.78 Å². The summed E-state index contributed by atoms with van der Waals surface area (Å²) in [5.41, 5.74) is 2.76. The molecule has 0 aromatic heterocycles. The summed E-state index contributed by atoms with van der Waals surface area (Å²) in [6.07, 6.45) is 0. The van der Waals surface area contributed by atoms with Gasteiger partial charge in [-0.2, -0.15) is 12.6 Å². The van der Waals surface area contributed by atoms with Gasteiger partial charge in [0.25, 0.3) is 0 Å². The van der Waals surface area contributed by atoms with Crippen LogP contribution in [0.15, 0.2) is 56.4 Å². The van der Waals surface area contributed by atoms with Crippen LogP contribution >= 0.6 is 44.5 Å². The molecule has 1 heterocycles. The molecule has 1 aliphatic heterocycles. The van der Waals surface area contributed by atoms with E-state index in [1.165, 1.54) is 0 Å². The molecule has 1 aliphatic rings. The third kappa shape index (κ3) is 2.31. The van der Waals surface area contributed by atoms with Gasteiger partial charge in [-0.1, -0.05) is 50.1 Å². The maximum atomic E-state index is 13.1. The second kappa shape index (κ2) is 5.38. The Labute approximate surface area is 145 Å². The van der Waals surface area contributed by atoms with Crippen molar-refractivity contribution in [2.75, 3.05) is 0 Å². The molecule has 1 atom stereocenters. The zero-order valence-corrected chi connectivity index (χ0v) is 15.2. The van der Waals surface area contributed by atoms with Gasteiger partial charge in [0, 0.05) is 20.2 Å². The highest BCUT2D eigenvalue weighted by atomic mass is 79.9. The van der Waals surface area contributed by atoms with Crippen molar-refractivity contribution in [1.82, 2.24) is 0 Å². The Morgan fingerprint density at radius 1 is 1.14 bits per heavy atom. The van der Waals surface area contributed by atoms with Crippen LogP contribution in [0, 0.1) is 0 Å². The summed E-state index contributed by atoms with van der Waals surface area (Å²) in [6.45, 7) is 1.84. The summed E-state index contributed by atoms with van der Waals surface area (Å²) < 4.78 is 0.655. The van der Waals surface area contributed by atoms with Gasteiger partial charge in [-0.15, -0.1) is 0 Å². The normalized spacial score (nSPS) is 21.0. The molecule has 5 heteroatoms. The van der Waals surface area contributed by atoms with Crippen LogP contribution in [0.5, 0.6) is 0 Å². The number of fused-ring (bicyclic) bond motifs is 1. The minimum Gasteiger partial charge on any atom is -0.292 e. The summed E-state index contributed by atoms with van der Waals surface area (Å²) in [6, 6.07) is 13.1. The number of Topliss-reactive ketones (excluding diaryl/α,β-unsaturated/α-hetero) is 1. The van der Waals surface area contributed by atoms with Crippen LogP contribution in [0.25, 0.3) is 0 Å². The van der Waals surface area contributed by atoms with Gasteiger partial charge < -0.3 is 0 Å². The van der Waals surface area contributed by atoms with Crippen LogP contribution in [0.4, 0.5) is 5.69 Å². The van der Waals surface area contributed by atoms with E-state index in [2.05, 4.69) is 36.9 Å². The van der Waals surface area contributed by atoms with E-state index in [9.17, 15) is 4.79 Å². The Morgan fingerprint density at radius 2 is 1.86 bits per heavy atom. The van der Waals surface area contributed by atoms with E-state index >= 15 is 0 Å². The molecule has 0 aliphatic carbocycles. The number of carbonyl (C=O) groups excluding carboxylic acids is 1. The Balaban J connectivity index is 2.27. The van der Waals surface area contributed by atoms with E-state index in [-0.39, 0.29) is 5.78 Å². The highest BCUT2D eigenvalue weighted by Crippen LogP contribution is 2.44. The summed E-state index contributed by atoms with van der Waals surface area (Å²) in [7, 11) is 0. The molecule has 0 bridgehead atoms. The van der Waals surface area contributed by atoms with Crippen molar-refractivity contribution in [2.24, 2.45) is 4.99 Å². The van der Waals surface area contributed by atoms with Gasteiger partial charge >= 0.3 is 0 Å². The quantitative estimate of drug-likeness (QED) is 0.616. The molecule has 0 N–H and O–H groups in total. The number of rotatable bonds is 1. The third-order valence-electron chi connectivity index (χ3n) is 3.61. The van der Waals surface area contributed by atoms with Crippen LogP contribution in [0.3, 0.4) is 0 Å².